The van der Waals surface area contributed by atoms with Crippen LogP contribution < -0.4 is 10.5 Å². The van der Waals surface area contributed by atoms with Crippen LogP contribution in [0.3, 0.4) is 0 Å². The van der Waals surface area contributed by atoms with Crippen molar-refractivity contribution in [1.29, 1.82) is 0 Å². The first-order chi connectivity index (χ1) is 9.10. The summed E-state index contributed by atoms with van der Waals surface area (Å²) < 4.78 is 10.4. The van der Waals surface area contributed by atoms with E-state index in [0.717, 1.165) is 5.56 Å². The molecular weight excluding hydrogens is 242 g/mol. The Kier molecular flexibility index (Phi) is 3.71. The number of hydrogen-bond donors (Lipinski definition) is 1. The Hall–Kier alpha value is -2.49. The van der Waals surface area contributed by atoms with E-state index in [1.807, 2.05) is 19.1 Å². The lowest BCUT2D eigenvalue weighted by molar-refractivity contribution is 0.0600. The van der Waals surface area contributed by atoms with Crippen molar-refractivity contribution in [2.75, 3.05) is 12.8 Å². The van der Waals surface area contributed by atoms with E-state index >= 15 is 0 Å². The molecule has 0 radical (unpaired) electrons. The predicted molar refractivity (Wildman–Crippen MR) is 73.4 cm³/mol. The van der Waals surface area contributed by atoms with E-state index in [4.69, 9.17) is 10.5 Å². The molecular formula is C15H15NO3. The molecule has 4 nitrogen and oxygen atoms in total. The van der Waals surface area contributed by atoms with E-state index in [2.05, 4.69) is 4.74 Å². The number of esters is 1. The van der Waals surface area contributed by atoms with Crippen LogP contribution in [0.15, 0.2) is 42.5 Å². The maximum atomic E-state index is 11.4. The van der Waals surface area contributed by atoms with Gasteiger partial charge in [-0.1, -0.05) is 12.1 Å². The summed E-state index contributed by atoms with van der Waals surface area (Å²) >= 11 is 0. The van der Waals surface area contributed by atoms with Crippen molar-refractivity contribution in [2.24, 2.45) is 0 Å². The normalized spacial score (nSPS) is 10.0. The summed E-state index contributed by atoms with van der Waals surface area (Å²) in [6.45, 7) is 1.96. The summed E-state index contributed by atoms with van der Waals surface area (Å²) in [7, 11) is 1.34. The third-order valence-corrected chi connectivity index (χ3v) is 2.65. The van der Waals surface area contributed by atoms with Crippen LogP contribution in [0.4, 0.5) is 5.69 Å². The van der Waals surface area contributed by atoms with Crippen LogP contribution in [0.25, 0.3) is 0 Å². The molecule has 0 saturated heterocycles. The van der Waals surface area contributed by atoms with Crippen molar-refractivity contribution >= 4 is 11.7 Å². The minimum atomic E-state index is -0.400. The van der Waals surface area contributed by atoms with Crippen molar-refractivity contribution in [1.82, 2.24) is 0 Å². The first-order valence-corrected chi connectivity index (χ1v) is 5.82. The van der Waals surface area contributed by atoms with Gasteiger partial charge < -0.3 is 15.2 Å². The lowest BCUT2D eigenvalue weighted by atomic mass is 10.2. The number of hydrogen-bond acceptors (Lipinski definition) is 4. The quantitative estimate of drug-likeness (QED) is 0.677. The average molecular weight is 257 g/mol. The second-order valence-corrected chi connectivity index (χ2v) is 4.16. The van der Waals surface area contributed by atoms with Crippen LogP contribution in [0.2, 0.25) is 0 Å². The van der Waals surface area contributed by atoms with Crippen LogP contribution in [0.1, 0.15) is 15.9 Å². The molecule has 0 heterocycles. The molecule has 2 rings (SSSR count). The van der Waals surface area contributed by atoms with E-state index in [1.165, 1.54) is 7.11 Å². The second kappa shape index (κ2) is 5.44. The maximum absolute atomic E-state index is 11.4. The molecule has 19 heavy (non-hydrogen) atoms. The fraction of sp³-hybridized carbons (Fsp3) is 0.133. The lowest BCUT2D eigenvalue weighted by Gasteiger charge is -2.10. The Bertz CT molecular complexity index is 608. The summed E-state index contributed by atoms with van der Waals surface area (Å²) in [6.07, 6.45) is 0. The largest absolute Gasteiger partial charge is 0.465 e. The average Bonchev–Trinajstić information content (AvgIpc) is 2.42. The number of carbonyl (C=O) groups excluding carboxylic acids is 1. The number of benzene rings is 2. The van der Waals surface area contributed by atoms with E-state index < -0.39 is 5.97 Å². The second-order valence-electron chi connectivity index (χ2n) is 4.16. The molecule has 0 atom stereocenters. The summed E-state index contributed by atoms with van der Waals surface area (Å²) in [5.74, 6) is 0.713. The van der Waals surface area contributed by atoms with Gasteiger partial charge in [-0.15, -0.1) is 0 Å². The zero-order valence-corrected chi connectivity index (χ0v) is 10.8. The summed E-state index contributed by atoms with van der Waals surface area (Å²) in [4.78, 5) is 11.4. The van der Waals surface area contributed by atoms with Gasteiger partial charge in [0.05, 0.1) is 18.4 Å². The van der Waals surface area contributed by atoms with Gasteiger partial charge in [0.1, 0.15) is 5.75 Å². The molecule has 4 heteroatoms. The van der Waals surface area contributed by atoms with Gasteiger partial charge in [-0.05, 0) is 42.8 Å². The highest BCUT2D eigenvalue weighted by molar-refractivity contribution is 5.89. The molecule has 0 amide bonds. The van der Waals surface area contributed by atoms with Gasteiger partial charge in [-0.3, -0.25) is 0 Å². The third kappa shape index (κ3) is 3.04. The van der Waals surface area contributed by atoms with Crippen LogP contribution in [-0.4, -0.2) is 13.1 Å². The highest BCUT2D eigenvalue weighted by Gasteiger charge is 2.08. The standard InChI is InChI=1S/C15H15NO3/c1-10-6-7-13(16)14(8-10)19-12-5-3-4-11(9-12)15(17)18-2/h3-9H,16H2,1-2H3. The molecule has 2 aromatic carbocycles. The Morgan fingerprint density at radius 2 is 1.95 bits per heavy atom. The number of methoxy groups -OCH3 is 1. The Balaban J connectivity index is 2.28. The zero-order valence-electron chi connectivity index (χ0n) is 10.8. The molecule has 0 aliphatic heterocycles. The maximum Gasteiger partial charge on any atom is 0.337 e. The lowest BCUT2D eigenvalue weighted by Crippen LogP contribution is -2.01. The Morgan fingerprint density at radius 1 is 1.16 bits per heavy atom. The van der Waals surface area contributed by atoms with Crippen LogP contribution in [-0.2, 0) is 4.74 Å². The molecule has 0 saturated carbocycles. The first-order valence-electron chi connectivity index (χ1n) is 5.82. The Labute approximate surface area is 111 Å². The van der Waals surface area contributed by atoms with Crippen molar-refractivity contribution < 1.29 is 14.3 Å². The van der Waals surface area contributed by atoms with Gasteiger partial charge in [0.25, 0.3) is 0 Å². The van der Waals surface area contributed by atoms with Gasteiger partial charge in [0.2, 0.25) is 0 Å². The van der Waals surface area contributed by atoms with Crippen molar-refractivity contribution in [3.63, 3.8) is 0 Å². The predicted octanol–water partition coefficient (Wildman–Crippen LogP) is 3.16. The molecule has 0 fully saturated rings. The molecule has 0 bridgehead atoms. The fourth-order valence-electron chi connectivity index (χ4n) is 1.66. The minimum Gasteiger partial charge on any atom is -0.465 e. The van der Waals surface area contributed by atoms with Crippen LogP contribution >= 0.6 is 0 Å². The van der Waals surface area contributed by atoms with Crippen LogP contribution in [0.5, 0.6) is 11.5 Å². The van der Waals surface area contributed by atoms with Gasteiger partial charge in [-0.2, -0.15) is 0 Å². The van der Waals surface area contributed by atoms with Gasteiger partial charge in [0, 0.05) is 0 Å². The molecule has 0 unspecified atom stereocenters. The minimum absolute atomic E-state index is 0.400. The summed E-state index contributed by atoms with van der Waals surface area (Å²) in [6, 6.07) is 12.3. The fourth-order valence-corrected chi connectivity index (χ4v) is 1.66. The van der Waals surface area contributed by atoms with E-state index in [-0.39, 0.29) is 0 Å². The molecule has 2 aromatic rings. The first kappa shape index (κ1) is 13.0. The highest BCUT2D eigenvalue weighted by Crippen LogP contribution is 2.28. The number of ether oxygens (including phenoxy) is 2. The number of carbonyl (C=O) groups is 1. The van der Waals surface area contributed by atoms with E-state index in [1.54, 1.807) is 30.3 Å². The molecule has 98 valence electrons. The zero-order chi connectivity index (χ0) is 13.8. The molecule has 0 spiro atoms. The van der Waals surface area contributed by atoms with Gasteiger partial charge >= 0.3 is 5.97 Å². The van der Waals surface area contributed by atoms with Crippen molar-refractivity contribution in [2.45, 2.75) is 6.92 Å². The summed E-state index contributed by atoms with van der Waals surface area (Å²) in [5.41, 5.74) is 7.88. The number of anilines is 1. The third-order valence-electron chi connectivity index (χ3n) is 2.65. The van der Waals surface area contributed by atoms with Gasteiger partial charge in [-0.25, -0.2) is 4.79 Å². The summed E-state index contributed by atoms with van der Waals surface area (Å²) in [5, 5.41) is 0. The molecule has 0 aromatic heterocycles. The van der Waals surface area contributed by atoms with Crippen molar-refractivity contribution in [3.05, 3.63) is 53.6 Å². The smallest absolute Gasteiger partial charge is 0.337 e. The number of nitrogen functional groups attached to an aromatic ring is 1. The molecule has 2 N–H and O–H groups in total. The van der Waals surface area contributed by atoms with Gasteiger partial charge in [0.15, 0.2) is 5.75 Å². The topological polar surface area (TPSA) is 61.5 Å². The Morgan fingerprint density at radius 3 is 2.68 bits per heavy atom. The monoisotopic (exact) mass is 257 g/mol. The van der Waals surface area contributed by atoms with Crippen LogP contribution in [0, 0.1) is 6.92 Å². The van der Waals surface area contributed by atoms with E-state index in [0.29, 0.717) is 22.7 Å². The van der Waals surface area contributed by atoms with Crippen molar-refractivity contribution in [3.8, 4) is 11.5 Å². The SMILES string of the molecule is COC(=O)c1cccc(Oc2cc(C)ccc2N)c1. The number of aryl methyl sites for hydroxylation is 1. The number of rotatable bonds is 3. The highest BCUT2D eigenvalue weighted by atomic mass is 16.5. The molecule has 0 aliphatic rings. The van der Waals surface area contributed by atoms with E-state index in [9.17, 15) is 4.79 Å². The number of nitrogens with two attached hydrogens (primary N) is 1. The molecule has 0 aliphatic carbocycles.